The Morgan fingerprint density at radius 2 is 1.88 bits per heavy atom. The number of hydrogen-bond acceptors (Lipinski definition) is 5. The zero-order valence-electron chi connectivity index (χ0n) is 10.5. The maximum absolute atomic E-state index is 11.6. The highest BCUT2D eigenvalue weighted by Crippen LogP contribution is 2.07. The van der Waals surface area contributed by atoms with Crippen molar-refractivity contribution in [3.05, 3.63) is 11.4 Å². The van der Waals surface area contributed by atoms with Crippen molar-refractivity contribution in [3.63, 3.8) is 0 Å². The van der Waals surface area contributed by atoms with E-state index in [1.807, 2.05) is 20.8 Å². The molecule has 0 aliphatic heterocycles. The maximum Gasteiger partial charge on any atom is 0.249 e. The van der Waals surface area contributed by atoms with Crippen LogP contribution in [0.15, 0.2) is 0 Å². The maximum atomic E-state index is 11.6. The minimum Gasteiger partial charge on any atom is -0.320 e. The van der Waals surface area contributed by atoms with Gasteiger partial charge in [0.05, 0.1) is 17.4 Å². The SMILES string of the molecule is CCc1nnc(NC(=O)C(N)CC)nc1CC. The number of carbonyl (C=O) groups is 1. The fraction of sp³-hybridized carbons (Fsp3) is 0.636. The number of anilines is 1. The molecule has 1 aromatic heterocycles. The van der Waals surface area contributed by atoms with Crippen molar-refractivity contribution in [2.45, 2.75) is 46.1 Å². The summed E-state index contributed by atoms with van der Waals surface area (Å²) >= 11 is 0. The van der Waals surface area contributed by atoms with Crippen molar-refractivity contribution in [1.29, 1.82) is 0 Å². The molecule has 0 aliphatic carbocycles. The monoisotopic (exact) mass is 237 g/mol. The summed E-state index contributed by atoms with van der Waals surface area (Å²) in [6.07, 6.45) is 2.13. The van der Waals surface area contributed by atoms with Crippen LogP contribution >= 0.6 is 0 Å². The summed E-state index contributed by atoms with van der Waals surface area (Å²) in [6.45, 7) is 5.84. The molecule has 0 aromatic carbocycles. The molecule has 0 saturated carbocycles. The molecule has 1 amide bonds. The summed E-state index contributed by atoms with van der Waals surface area (Å²) in [6, 6.07) is -0.533. The Labute approximate surface area is 101 Å². The molecule has 3 N–H and O–H groups in total. The summed E-state index contributed by atoms with van der Waals surface area (Å²) in [5.41, 5.74) is 7.33. The lowest BCUT2D eigenvalue weighted by molar-refractivity contribution is -0.117. The first-order chi connectivity index (χ1) is 8.12. The summed E-state index contributed by atoms with van der Waals surface area (Å²) < 4.78 is 0. The molecule has 6 nitrogen and oxygen atoms in total. The number of nitrogens with two attached hydrogens (primary N) is 1. The van der Waals surface area contributed by atoms with Crippen LogP contribution < -0.4 is 11.1 Å². The van der Waals surface area contributed by atoms with Crippen LogP contribution in [0.3, 0.4) is 0 Å². The Bertz CT molecular complexity index is 393. The van der Waals surface area contributed by atoms with Crippen molar-refractivity contribution in [2.75, 3.05) is 5.32 Å². The van der Waals surface area contributed by atoms with Crippen LogP contribution in [0.1, 0.15) is 38.6 Å². The lowest BCUT2D eigenvalue weighted by Crippen LogP contribution is -2.35. The Morgan fingerprint density at radius 1 is 1.24 bits per heavy atom. The van der Waals surface area contributed by atoms with E-state index in [1.165, 1.54) is 0 Å². The number of amides is 1. The highest BCUT2D eigenvalue weighted by atomic mass is 16.2. The molecule has 1 heterocycles. The molecule has 0 aliphatic rings. The molecule has 0 fully saturated rings. The molecule has 0 bridgehead atoms. The van der Waals surface area contributed by atoms with Gasteiger partial charge >= 0.3 is 0 Å². The van der Waals surface area contributed by atoms with Gasteiger partial charge in [0.1, 0.15) is 0 Å². The van der Waals surface area contributed by atoms with Crippen molar-refractivity contribution < 1.29 is 4.79 Å². The van der Waals surface area contributed by atoms with Crippen LogP contribution in [0.4, 0.5) is 5.95 Å². The number of nitrogens with zero attached hydrogens (tertiary/aromatic N) is 3. The Hall–Kier alpha value is -1.56. The average molecular weight is 237 g/mol. The van der Waals surface area contributed by atoms with Gasteiger partial charge in [-0.15, -0.1) is 10.2 Å². The Kier molecular flexibility index (Phi) is 4.96. The average Bonchev–Trinajstić information content (AvgIpc) is 2.37. The highest BCUT2D eigenvalue weighted by Gasteiger charge is 2.13. The second-order valence-corrected chi connectivity index (χ2v) is 3.74. The minimum atomic E-state index is -0.533. The van der Waals surface area contributed by atoms with E-state index in [2.05, 4.69) is 20.5 Å². The zero-order valence-corrected chi connectivity index (χ0v) is 10.5. The summed E-state index contributed by atoms with van der Waals surface area (Å²) in [4.78, 5) is 15.8. The molecular formula is C11H19N5O. The van der Waals surface area contributed by atoms with E-state index < -0.39 is 6.04 Å². The normalized spacial score (nSPS) is 12.2. The van der Waals surface area contributed by atoms with Crippen molar-refractivity contribution >= 4 is 11.9 Å². The molecular weight excluding hydrogens is 218 g/mol. The summed E-state index contributed by atoms with van der Waals surface area (Å²) in [5.74, 6) is -0.0476. The Balaban J connectivity index is 2.82. The van der Waals surface area contributed by atoms with Crippen LogP contribution in [0.5, 0.6) is 0 Å². The third-order valence-electron chi connectivity index (χ3n) is 2.52. The number of nitrogens with one attached hydrogen (secondary N) is 1. The minimum absolute atomic E-state index is 0.230. The molecule has 17 heavy (non-hydrogen) atoms. The van der Waals surface area contributed by atoms with E-state index in [-0.39, 0.29) is 11.9 Å². The molecule has 0 radical (unpaired) electrons. The molecule has 94 valence electrons. The van der Waals surface area contributed by atoms with Crippen LogP contribution in [-0.4, -0.2) is 27.1 Å². The van der Waals surface area contributed by atoms with Gasteiger partial charge in [-0.05, 0) is 19.3 Å². The second kappa shape index (κ2) is 6.24. The van der Waals surface area contributed by atoms with Crippen LogP contribution in [0, 0.1) is 0 Å². The molecule has 1 atom stereocenters. The molecule has 1 unspecified atom stereocenters. The largest absolute Gasteiger partial charge is 0.320 e. The van der Waals surface area contributed by atoms with E-state index in [0.717, 1.165) is 24.2 Å². The Morgan fingerprint density at radius 3 is 2.41 bits per heavy atom. The van der Waals surface area contributed by atoms with E-state index in [4.69, 9.17) is 5.73 Å². The van der Waals surface area contributed by atoms with Gasteiger partial charge in [-0.25, -0.2) is 4.98 Å². The number of hydrogen-bond donors (Lipinski definition) is 2. The molecule has 6 heteroatoms. The first kappa shape index (κ1) is 13.5. The second-order valence-electron chi connectivity index (χ2n) is 3.74. The topological polar surface area (TPSA) is 93.8 Å². The van der Waals surface area contributed by atoms with E-state index in [1.54, 1.807) is 0 Å². The molecule has 1 rings (SSSR count). The van der Waals surface area contributed by atoms with E-state index in [0.29, 0.717) is 6.42 Å². The quantitative estimate of drug-likeness (QED) is 0.785. The van der Waals surface area contributed by atoms with Gasteiger partial charge < -0.3 is 5.73 Å². The summed E-state index contributed by atoms with van der Waals surface area (Å²) in [5, 5.41) is 10.5. The van der Waals surface area contributed by atoms with Gasteiger partial charge in [0, 0.05) is 0 Å². The number of rotatable bonds is 5. The third-order valence-corrected chi connectivity index (χ3v) is 2.52. The molecule has 1 aromatic rings. The standard InChI is InChI=1S/C11H19N5O/c1-4-7(12)10(17)14-11-13-8(5-2)9(6-3)15-16-11/h7H,4-6,12H2,1-3H3,(H,13,14,16,17). The summed E-state index contributed by atoms with van der Waals surface area (Å²) in [7, 11) is 0. The van der Waals surface area contributed by atoms with Gasteiger partial charge in [-0.3, -0.25) is 10.1 Å². The number of aromatic nitrogens is 3. The molecule has 0 saturated heterocycles. The first-order valence-electron chi connectivity index (χ1n) is 5.91. The van der Waals surface area contributed by atoms with Crippen LogP contribution in [0.2, 0.25) is 0 Å². The van der Waals surface area contributed by atoms with Crippen molar-refractivity contribution in [3.8, 4) is 0 Å². The van der Waals surface area contributed by atoms with Crippen LogP contribution in [0.25, 0.3) is 0 Å². The molecule has 0 spiro atoms. The van der Waals surface area contributed by atoms with Gasteiger partial charge in [-0.2, -0.15) is 0 Å². The smallest absolute Gasteiger partial charge is 0.249 e. The lowest BCUT2D eigenvalue weighted by atomic mass is 10.2. The fourth-order valence-electron chi connectivity index (χ4n) is 1.38. The zero-order chi connectivity index (χ0) is 12.8. The number of aryl methyl sites for hydroxylation is 2. The van der Waals surface area contributed by atoms with Crippen LogP contribution in [-0.2, 0) is 17.6 Å². The van der Waals surface area contributed by atoms with Gasteiger partial charge in [0.25, 0.3) is 0 Å². The predicted molar refractivity (Wildman–Crippen MR) is 65.5 cm³/mol. The first-order valence-corrected chi connectivity index (χ1v) is 5.91. The lowest BCUT2D eigenvalue weighted by Gasteiger charge is -2.09. The third kappa shape index (κ3) is 3.45. The predicted octanol–water partition coefficient (Wildman–Crippen LogP) is 0.672. The van der Waals surface area contributed by atoms with E-state index >= 15 is 0 Å². The number of carbonyl (C=O) groups excluding carboxylic acids is 1. The fourth-order valence-corrected chi connectivity index (χ4v) is 1.38. The van der Waals surface area contributed by atoms with Crippen molar-refractivity contribution in [1.82, 2.24) is 15.2 Å². The van der Waals surface area contributed by atoms with E-state index in [9.17, 15) is 4.79 Å². The highest BCUT2D eigenvalue weighted by molar-refractivity contribution is 5.93. The van der Waals surface area contributed by atoms with Gasteiger partial charge in [0.2, 0.25) is 11.9 Å². The van der Waals surface area contributed by atoms with Gasteiger partial charge in [0.15, 0.2) is 0 Å². The van der Waals surface area contributed by atoms with Gasteiger partial charge in [-0.1, -0.05) is 20.8 Å². The van der Waals surface area contributed by atoms with Crippen molar-refractivity contribution in [2.24, 2.45) is 5.73 Å².